The molecule has 2 rings (SSSR count). The average Bonchev–Trinajstić information content (AvgIpc) is 2.34. The molecule has 0 fully saturated rings. The van der Waals surface area contributed by atoms with Gasteiger partial charge in [0.2, 0.25) is 0 Å². The molecule has 1 heterocycles. The number of anilines is 1. The van der Waals surface area contributed by atoms with Gasteiger partial charge in [0.05, 0.1) is 6.04 Å². The summed E-state index contributed by atoms with van der Waals surface area (Å²) in [6.45, 7) is 0. The van der Waals surface area contributed by atoms with Crippen LogP contribution in [0.15, 0.2) is 48.8 Å². The smallest absolute Gasteiger partial charge is 0.0745 e. The highest BCUT2D eigenvalue weighted by Gasteiger charge is 2.14. The van der Waals surface area contributed by atoms with Gasteiger partial charge in [0, 0.05) is 23.6 Å². The highest BCUT2D eigenvalue weighted by molar-refractivity contribution is 5.49. The molecular formula is C12H14N4. The third-order valence-corrected chi connectivity index (χ3v) is 2.50. The number of nitrogens with zero attached hydrogens (tertiary/aromatic N) is 1. The van der Waals surface area contributed by atoms with Gasteiger partial charge in [0.25, 0.3) is 0 Å². The van der Waals surface area contributed by atoms with E-state index in [1.165, 1.54) is 0 Å². The second-order valence-electron chi connectivity index (χ2n) is 3.51. The summed E-state index contributed by atoms with van der Waals surface area (Å²) in [5.74, 6) is 5.57. The van der Waals surface area contributed by atoms with Crippen molar-refractivity contribution < 1.29 is 0 Å². The minimum atomic E-state index is -0.130. The molecule has 5 N–H and O–H groups in total. The summed E-state index contributed by atoms with van der Waals surface area (Å²) in [5, 5.41) is 0. The predicted octanol–water partition coefficient (Wildman–Crippen LogP) is 1.22. The molecule has 1 aromatic carbocycles. The standard InChI is InChI=1S/C12H14N4/c13-11-6-7-15-8-10(11)12(16-14)9-4-2-1-3-5-9/h1-8,12,16H,14H2,(H2,13,15). The first-order chi connectivity index (χ1) is 7.83. The maximum atomic E-state index is 5.90. The second kappa shape index (κ2) is 4.74. The highest BCUT2D eigenvalue weighted by atomic mass is 15.2. The van der Waals surface area contributed by atoms with Crippen LogP contribution in [0.5, 0.6) is 0 Å². The maximum Gasteiger partial charge on any atom is 0.0745 e. The summed E-state index contributed by atoms with van der Waals surface area (Å²) < 4.78 is 0. The molecule has 4 nitrogen and oxygen atoms in total. The van der Waals surface area contributed by atoms with E-state index in [1.807, 2.05) is 30.3 Å². The number of aromatic nitrogens is 1. The van der Waals surface area contributed by atoms with Gasteiger partial charge < -0.3 is 5.73 Å². The molecule has 0 spiro atoms. The molecule has 1 unspecified atom stereocenters. The van der Waals surface area contributed by atoms with Gasteiger partial charge in [-0.25, -0.2) is 5.43 Å². The summed E-state index contributed by atoms with van der Waals surface area (Å²) in [4.78, 5) is 4.06. The number of hydrogen-bond donors (Lipinski definition) is 3. The first-order valence-electron chi connectivity index (χ1n) is 5.03. The molecule has 0 aliphatic heterocycles. The quantitative estimate of drug-likeness (QED) is 0.530. The number of nitrogens with two attached hydrogens (primary N) is 2. The van der Waals surface area contributed by atoms with E-state index in [1.54, 1.807) is 18.5 Å². The van der Waals surface area contributed by atoms with Gasteiger partial charge in [-0.3, -0.25) is 10.8 Å². The number of nitrogen functional groups attached to an aromatic ring is 1. The average molecular weight is 214 g/mol. The topological polar surface area (TPSA) is 77.0 Å². The molecule has 0 saturated carbocycles. The maximum absolute atomic E-state index is 5.90. The Bertz CT molecular complexity index is 456. The largest absolute Gasteiger partial charge is 0.398 e. The van der Waals surface area contributed by atoms with Crippen LogP contribution in [-0.4, -0.2) is 4.98 Å². The van der Waals surface area contributed by atoms with Crippen LogP contribution in [0.1, 0.15) is 17.2 Å². The molecule has 82 valence electrons. The van der Waals surface area contributed by atoms with Crippen LogP contribution in [0.3, 0.4) is 0 Å². The van der Waals surface area contributed by atoms with E-state index in [0.717, 1.165) is 11.1 Å². The lowest BCUT2D eigenvalue weighted by Gasteiger charge is -2.17. The van der Waals surface area contributed by atoms with Gasteiger partial charge in [-0.05, 0) is 11.6 Å². The highest BCUT2D eigenvalue weighted by Crippen LogP contribution is 2.24. The van der Waals surface area contributed by atoms with E-state index in [9.17, 15) is 0 Å². The Kier molecular flexibility index (Phi) is 3.14. The minimum absolute atomic E-state index is 0.130. The summed E-state index contributed by atoms with van der Waals surface area (Å²) >= 11 is 0. The number of hydrogen-bond acceptors (Lipinski definition) is 4. The Labute approximate surface area is 94.3 Å². The van der Waals surface area contributed by atoms with Gasteiger partial charge in [-0.1, -0.05) is 30.3 Å². The molecule has 0 bridgehead atoms. The molecule has 1 aromatic heterocycles. The van der Waals surface area contributed by atoms with Gasteiger partial charge in [-0.15, -0.1) is 0 Å². The first kappa shape index (κ1) is 10.6. The lowest BCUT2D eigenvalue weighted by Crippen LogP contribution is -2.29. The number of rotatable bonds is 3. The van der Waals surface area contributed by atoms with Gasteiger partial charge >= 0.3 is 0 Å². The molecule has 0 radical (unpaired) electrons. The predicted molar refractivity (Wildman–Crippen MR) is 64.3 cm³/mol. The fourth-order valence-electron chi connectivity index (χ4n) is 1.67. The Hall–Kier alpha value is -1.91. The zero-order valence-corrected chi connectivity index (χ0v) is 8.80. The zero-order chi connectivity index (χ0) is 11.4. The third kappa shape index (κ3) is 2.03. The molecule has 0 aliphatic carbocycles. The number of nitrogens with one attached hydrogen (secondary N) is 1. The Morgan fingerprint density at radius 2 is 1.88 bits per heavy atom. The normalized spacial score (nSPS) is 12.3. The van der Waals surface area contributed by atoms with Gasteiger partial charge in [0.1, 0.15) is 0 Å². The first-order valence-corrected chi connectivity index (χ1v) is 5.03. The monoisotopic (exact) mass is 214 g/mol. The van der Waals surface area contributed by atoms with E-state index in [4.69, 9.17) is 11.6 Å². The van der Waals surface area contributed by atoms with Crippen LogP contribution in [0.4, 0.5) is 5.69 Å². The van der Waals surface area contributed by atoms with E-state index in [2.05, 4.69) is 10.4 Å². The molecule has 0 aliphatic rings. The van der Waals surface area contributed by atoms with Gasteiger partial charge in [0.15, 0.2) is 0 Å². The Balaban J connectivity index is 2.41. The fourth-order valence-corrected chi connectivity index (χ4v) is 1.67. The van der Waals surface area contributed by atoms with Crippen LogP contribution >= 0.6 is 0 Å². The van der Waals surface area contributed by atoms with Crippen LogP contribution < -0.4 is 17.0 Å². The Morgan fingerprint density at radius 3 is 2.50 bits per heavy atom. The van der Waals surface area contributed by atoms with Crippen LogP contribution in [-0.2, 0) is 0 Å². The summed E-state index contributed by atoms with van der Waals surface area (Å²) in [6.07, 6.45) is 3.39. The van der Waals surface area contributed by atoms with Crippen molar-refractivity contribution in [1.29, 1.82) is 0 Å². The van der Waals surface area contributed by atoms with Crippen molar-refractivity contribution in [2.24, 2.45) is 5.84 Å². The van der Waals surface area contributed by atoms with Crippen molar-refractivity contribution in [3.63, 3.8) is 0 Å². The fraction of sp³-hybridized carbons (Fsp3) is 0.0833. The molecule has 0 saturated heterocycles. The van der Waals surface area contributed by atoms with E-state index >= 15 is 0 Å². The zero-order valence-electron chi connectivity index (χ0n) is 8.80. The minimum Gasteiger partial charge on any atom is -0.398 e. The molecule has 2 aromatic rings. The van der Waals surface area contributed by atoms with Crippen LogP contribution in [0.2, 0.25) is 0 Å². The van der Waals surface area contributed by atoms with Crippen LogP contribution in [0.25, 0.3) is 0 Å². The molecular weight excluding hydrogens is 200 g/mol. The second-order valence-corrected chi connectivity index (χ2v) is 3.51. The third-order valence-electron chi connectivity index (χ3n) is 2.50. The summed E-state index contributed by atoms with van der Waals surface area (Å²) in [6, 6.07) is 11.5. The van der Waals surface area contributed by atoms with E-state index in [0.29, 0.717) is 5.69 Å². The number of hydrazine groups is 1. The van der Waals surface area contributed by atoms with Gasteiger partial charge in [-0.2, -0.15) is 0 Å². The molecule has 0 amide bonds. The van der Waals surface area contributed by atoms with Crippen molar-refractivity contribution in [2.45, 2.75) is 6.04 Å². The Morgan fingerprint density at radius 1 is 1.12 bits per heavy atom. The number of pyridine rings is 1. The number of benzene rings is 1. The molecule has 1 atom stereocenters. The molecule has 16 heavy (non-hydrogen) atoms. The van der Waals surface area contributed by atoms with Crippen molar-refractivity contribution in [3.05, 3.63) is 59.9 Å². The van der Waals surface area contributed by atoms with Crippen molar-refractivity contribution >= 4 is 5.69 Å². The van der Waals surface area contributed by atoms with Crippen molar-refractivity contribution in [3.8, 4) is 0 Å². The SMILES string of the molecule is NNC(c1ccccc1)c1cnccc1N. The lowest BCUT2D eigenvalue weighted by atomic mass is 10.00. The molecule has 4 heteroatoms. The van der Waals surface area contributed by atoms with E-state index in [-0.39, 0.29) is 6.04 Å². The summed E-state index contributed by atoms with van der Waals surface area (Å²) in [5.41, 5.74) is 11.3. The lowest BCUT2D eigenvalue weighted by molar-refractivity contribution is 0.636. The van der Waals surface area contributed by atoms with Crippen LogP contribution in [0, 0.1) is 0 Å². The van der Waals surface area contributed by atoms with E-state index < -0.39 is 0 Å². The van der Waals surface area contributed by atoms with Crippen molar-refractivity contribution in [1.82, 2.24) is 10.4 Å². The van der Waals surface area contributed by atoms with Crippen molar-refractivity contribution in [2.75, 3.05) is 5.73 Å². The summed E-state index contributed by atoms with van der Waals surface area (Å²) in [7, 11) is 0.